The molecular weight excluding hydrogens is 320 g/mol. The van der Waals surface area contributed by atoms with E-state index in [4.69, 9.17) is 4.74 Å². The van der Waals surface area contributed by atoms with Gasteiger partial charge >= 0.3 is 5.97 Å². The predicted octanol–water partition coefficient (Wildman–Crippen LogP) is 1.98. The Labute approximate surface area is 146 Å². The Morgan fingerprint density at radius 1 is 1.32 bits per heavy atom. The van der Waals surface area contributed by atoms with Crippen molar-refractivity contribution in [2.45, 2.75) is 26.3 Å². The van der Waals surface area contributed by atoms with E-state index in [0.29, 0.717) is 23.8 Å². The van der Waals surface area contributed by atoms with Gasteiger partial charge in [0.25, 0.3) is 0 Å². The molecule has 1 N–H and O–H groups in total. The van der Waals surface area contributed by atoms with Gasteiger partial charge in [0.2, 0.25) is 5.95 Å². The van der Waals surface area contributed by atoms with Crippen molar-refractivity contribution in [1.29, 1.82) is 0 Å². The number of rotatable bonds is 5. The lowest BCUT2D eigenvalue weighted by molar-refractivity contribution is -0.139. The molecule has 2 heterocycles. The highest BCUT2D eigenvalue weighted by atomic mass is 16.5. The summed E-state index contributed by atoms with van der Waals surface area (Å²) in [6.07, 6.45) is 0.768. The maximum Gasteiger partial charge on any atom is 0.338 e. The highest BCUT2D eigenvalue weighted by Crippen LogP contribution is 2.35. The second-order valence-electron chi connectivity index (χ2n) is 6.14. The Hall–Kier alpha value is -2.90. The number of fused-ring (bicyclic) bond motifs is 1. The van der Waals surface area contributed by atoms with Crippen LogP contribution in [0.1, 0.15) is 31.9 Å². The van der Waals surface area contributed by atoms with Crippen molar-refractivity contribution in [1.82, 2.24) is 20.2 Å². The largest absolute Gasteiger partial charge is 0.462 e. The highest BCUT2D eigenvalue weighted by Gasteiger charge is 2.34. The Morgan fingerprint density at radius 3 is 2.68 bits per heavy atom. The highest BCUT2D eigenvalue weighted by molar-refractivity contribution is 5.92. The number of aromatic nitrogens is 4. The molecule has 0 fully saturated rings. The van der Waals surface area contributed by atoms with E-state index in [2.05, 4.69) is 20.8 Å². The predicted molar refractivity (Wildman–Crippen MR) is 94.3 cm³/mol. The van der Waals surface area contributed by atoms with Gasteiger partial charge in [0.1, 0.15) is 6.04 Å². The van der Waals surface area contributed by atoms with Gasteiger partial charge in [-0.2, -0.15) is 4.68 Å². The van der Waals surface area contributed by atoms with E-state index in [9.17, 15) is 4.79 Å². The first-order valence-corrected chi connectivity index (χ1v) is 8.23. The first-order valence-electron chi connectivity index (χ1n) is 8.23. The number of carbonyl (C=O) groups is 1. The van der Waals surface area contributed by atoms with E-state index in [1.54, 1.807) is 4.68 Å². The molecule has 0 aliphatic carbocycles. The van der Waals surface area contributed by atoms with Gasteiger partial charge in [-0.1, -0.05) is 24.2 Å². The minimum absolute atomic E-state index is 0.352. The number of nitrogens with zero attached hydrogens (tertiary/aromatic N) is 5. The number of tetrazole rings is 1. The molecule has 0 saturated carbocycles. The molecule has 0 radical (unpaired) electrons. The minimum Gasteiger partial charge on any atom is -0.462 e. The van der Waals surface area contributed by atoms with Crippen LogP contribution in [-0.2, 0) is 9.53 Å². The topological polar surface area (TPSA) is 85.2 Å². The lowest BCUT2D eigenvalue weighted by atomic mass is 9.95. The maximum atomic E-state index is 12.6. The average molecular weight is 342 g/mol. The van der Waals surface area contributed by atoms with E-state index in [1.165, 1.54) is 0 Å². The summed E-state index contributed by atoms with van der Waals surface area (Å²) in [7, 11) is 3.97. The van der Waals surface area contributed by atoms with Gasteiger partial charge in [-0.25, -0.2) is 4.79 Å². The normalized spacial score (nSPS) is 16.2. The van der Waals surface area contributed by atoms with Crippen molar-refractivity contribution in [3.05, 3.63) is 41.1 Å². The van der Waals surface area contributed by atoms with Crippen molar-refractivity contribution >= 4 is 17.6 Å². The molecule has 132 valence electrons. The Bertz CT molecular complexity index is 794. The first-order chi connectivity index (χ1) is 12.0. The van der Waals surface area contributed by atoms with E-state index >= 15 is 0 Å². The molecular formula is C17H22N6O2. The smallest absolute Gasteiger partial charge is 0.338 e. The molecule has 0 spiro atoms. The summed E-state index contributed by atoms with van der Waals surface area (Å²) < 4.78 is 6.99. The molecule has 1 aliphatic rings. The monoisotopic (exact) mass is 342 g/mol. The lowest BCUT2D eigenvalue weighted by Gasteiger charge is -2.27. The molecule has 1 atom stereocenters. The average Bonchev–Trinajstić information content (AvgIpc) is 3.06. The van der Waals surface area contributed by atoms with Crippen LogP contribution in [0.2, 0.25) is 0 Å². The van der Waals surface area contributed by atoms with Gasteiger partial charge in [0, 0.05) is 25.5 Å². The van der Waals surface area contributed by atoms with Crippen molar-refractivity contribution in [2.24, 2.45) is 0 Å². The zero-order valence-corrected chi connectivity index (χ0v) is 14.9. The number of carbonyl (C=O) groups excluding carboxylic acids is 1. The SMILES string of the molecule is CCCOC(=O)C1=C(C)Nc2nnnn2C1c1ccc(N(C)C)cc1. The molecule has 0 bridgehead atoms. The molecule has 25 heavy (non-hydrogen) atoms. The van der Waals surface area contributed by atoms with E-state index in [1.807, 2.05) is 57.1 Å². The van der Waals surface area contributed by atoms with Crippen LogP contribution in [0.3, 0.4) is 0 Å². The van der Waals surface area contributed by atoms with Crippen LogP contribution in [0.25, 0.3) is 0 Å². The number of hydrogen-bond donors (Lipinski definition) is 1. The molecule has 2 aromatic rings. The molecule has 1 unspecified atom stereocenters. The van der Waals surface area contributed by atoms with E-state index in [0.717, 1.165) is 17.7 Å². The number of allylic oxidation sites excluding steroid dienone is 1. The third-order valence-corrected chi connectivity index (χ3v) is 4.10. The second kappa shape index (κ2) is 6.92. The van der Waals surface area contributed by atoms with Crippen LogP contribution >= 0.6 is 0 Å². The number of nitrogens with one attached hydrogen (secondary N) is 1. The summed E-state index contributed by atoms with van der Waals surface area (Å²) in [6.45, 7) is 4.18. The summed E-state index contributed by atoms with van der Waals surface area (Å²) in [6, 6.07) is 7.55. The van der Waals surface area contributed by atoms with Crippen molar-refractivity contribution in [2.75, 3.05) is 30.9 Å². The van der Waals surface area contributed by atoms with Crippen LogP contribution in [0.15, 0.2) is 35.5 Å². The molecule has 1 aromatic carbocycles. The summed E-state index contributed by atoms with van der Waals surface area (Å²) in [5, 5.41) is 14.8. The second-order valence-corrected chi connectivity index (χ2v) is 6.14. The molecule has 0 saturated heterocycles. The van der Waals surface area contributed by atoms with E-state index in [-0.39, 0.29) is 5.97 Å². The fraction of sp³-hybridized carbons (Fsp3) is 0.412. The number of hydrogen-bond acceptors (Lipinski definition) is 7. The molecule has 8 heteroatoms. The third kappa shape index (κ3) is 3.19. The number of benzene rings is 1. The molecule has 1 aliphatic heterocycles. The Kier molecular flexibility index (Phi) is 4.69. The zero-order valence-electron chi connectivity index (χ0n) is 14.9. The summed E-state index contributed by atoms with van der Waals surface area (Å²) in [4.78, 5) is 14.7. The molecule has 0 amide bonds. The summed E-state index contributed by atoms with van der Waals surface area (Å²) in [5.74, 6) is 0.154. The van der Waals surface area contributed by atoms with E-state index < -0.39 is 6.04 Å². The number of anilines is 2. The summed E-state index contributed by atoms with van der Waals surface area (Å²) in [5.41, 5.74) is 3.21. The number of esters is 1. The van der Waals surface area contributed by atoms with Crippen molar-refractivity contribution in [3.63, 3.8) is 0 Å². The van der Waals surface area contributed by atoms with Crippen LogP contribution in [0, 0.1) is 0 Å². The minimum atomic E-state index is -0.424. The van der Waals surface area contributed by atoms with Gasteiger partial charge in [-0.05, 0) is 41.5 Å². The third-order valence-electron chi connectivity index (χ3n) is 4.10. The standard InChI is InChI=1S/C17H22N6O2/c1-5-10-25-16(24)14-11(2)18-17-19-20-21-23(17)15(14)12-6-8-13(9-7-12)22(3)4/h6-9,15H,5,10H2,1-4H3,(H,18,19,21). The Morgan fingerprint density at radius 2 is 2.04 bits per heavy atom. The maximum absolute atomic E-state index is 12.6. The fourth-order valence-electron chi connectivity index (χ4n) is 2.81. The van der Waals surface area contributed by atoms with Crippen LogP contribution in [0.4, 0.5) is 11.6 Å². The lowest BCUT2D eigenvalue weighted by Crippen LogP contribution is -2.29. The Balaban J connectivity index is 2.04. The molecule has 1 aromatic heterocycles. The van der Waals surface area contributed by atoms with Crippen LogP contribution in [0.5, 0.6) is 0 Å². The van der Waals surface area contributed by atoms with Gasteiger partial charge < -0.3 is 15.0 Å². The van der Waals surface area contributed by atoms with Gasteiger partial charge in [0.15, 0.2) is 0 Å². The van der Waals surface area contributed by atoms with Crippen molar-refractivity contribution in [3.8, 4) is 0 Å². The van der Waals surface area contributed by atoms with Crippen LogP contribution in [-0.4, -0.2) is 46.9 Å². The fourth-order valence-corrected chi connectivity index (χ4v) is 2.81. The molecule has 8 nitrogen and oxygen atoms in total. The van der Waals surface area contributed by atoms with Gasteiger partial charge in [-0.15, -0.1) is 0 Å². The molecule has 3 rings (SSSR count). The van der Waals surface area contributed by atoms with Gasteiger partial charge in [-0.3, -0.25) is 0 Å². The first kappa shape index (κ1) is 16.9. The number of ether oxygens (including phenoxy) is 1. The zero-order chi connectivity index (χ0) is 18.0. The van der Waals surface area contributed by atoms with Gasteiger partial charge in [0.05, 0.1) is 12.2 Å². The summed E-state index contributed by atoms with van der Waals surface area (Å²) >= 11 is 0. The quantitative estimate of drug-likeness (QED) is 0.832. The van der Waals surface area contributed by atoms with Crippen molar-refractivity contribution < 1.29 is 9.53 Å². The van der Waals surface area contributed by atoms with Crippen LogP contribution < -0.4 is 10.2 Å².